The summed E-state index contributed by atoms with van der Waals surface area (Å²) in [4.78, 5) is 0. The molecule has 1 heteroatoms. The van der Waals surface area contributed by atoms with Gasteiger partial charge in [0, 0.05) is 18.6 Å². The Hall–Kier alpha value is -1.89. The van der Waals surface area contributed by atoms with Crippen LogP contribution < -0.4 is 4.57 Å². The van der Waals surface area contributed by atoms with Crippen molar-refractivity contribution in [3.8, 4) is 0 Å². The summed E-state index contributed by atoms with van der Waals surface area (Å²) in [5.74, 6) is 0. The summed E-state index contributed by atoms with van der Waals surface area (Å²) in [6.07, 6.45) is 7.14. The fourth-order valence-corrected chi connectivity index (χ4v) is 1.80. The highest BCUT2D eigenvalue weighted by molar-refractivity contribution is 5.15. The lowest BCUT2D eigenvalue weighted by Gasteiger charge is -2.07. The number of pyridine rings is 1. The molecule has 1 nitrogen and oxygen atoms in total. The zero-order valence-corrected chi connectivity index (χ0v) is 9.29. The van der Waals surface area contributed by atoms with Crippen LogP contribution in [0.1, 0.15) is 11.6 Å². The number of hydrogen-bond donors (Lipinski definition) is 0. The van der Waals surface area contributed by atoms with Crippen LogP contribution in [0.3, 0.4) is 0 Å². The Labute approximate surface area is 96.7 Å². The molecule has 0 aliphatic heterocycles. The molecule has 16 heavy (non-hydrogen) atoms. The van der Waals surface area contributed by atoms with Gasteiger partial charge in [-0.25, -0.2) is 0 Å². The highest BCUT2D eigenvalue weighted by atomic mass is 15.0. The second-order valence-corrected chi connectivity index (χ2v) is 3.82. The van der Waals surface area contributed by atoms with Gasteiger partial charge in [0.2, 0.25) is 0 Å². The maximum atomic E-state index is 3.91. The summed E-state index contributed by atoms with van der Waals surface area (Å²) in [5.41, 5.74) is 1.34. The van der Waals surface area contributed by atoms with Crippen molar-refractivity contribution in [2.75, 3.05) is 0 Å². The van der Waals surface area contributed by atoms with E-state index in [0.717, 1.165) is 6.42 Å². The Balaban J connectivity index is 2.16. The summed E-state index contributed by atoms with van der Waals surface area (Å²) in [7, 11) is 0. The number of rotatable bonds is 4. The molecule has 1 heterocycles. The molecule has 0 bridgehead atoms. The van der Waals surface area contributed by atoms with E-state index in [4.69, 9.17) is 0 Å². The van der Waals surface area contributed by atoms with Gasteiger partial charge in [0.1, 0.15) is 0 Å². The van der Waals surface area contributed by atoms with Crippen LogP contribution >= 0.6 is 0 Å². The maximum absolute atomic E-state index is 3.91. The quantitative estimate of drug-likeness (QED) is 0.539. The third kappa shape index (κ3) is 2.57. The number of benzene rings is 1. The van der Waals surface area contributed by atoms with E-state index in [1.54, 1.807) is 0 Å². The number of aromatic nitrogens is 1. The van der Waals surface area contributed by atoms with Crippen LogP contribution in [-0.2, 0) is 6.42 Å². The van der Waals surface area contributed by atoms with E-state index < -0.39 is 0 Å². The first-order valence-electron chi connectivity index (χ1n) is 5.52. The summed E-state index contributed by atoms with van der Waals surface area (Å²) in [6.45, 7) is 3.91. The molecule has 2 rings (SSSR count). The average molecular weight is 210 g/mol. The van der Waals surface area contributed by atoms with Crippen molar-refractivity contribution in [2.24, 2.45) is 0 Å². The van der Waals surface area contributed by atoms with Crippen LogP contribution in [0.25, 0.3) is 0 Å². The Morgan fingerprint density at radius 3 is 2.25 bits per heavy atom. The van der Waals surface area contributed by atoms with E-state index in [1.807, 2.05) is 30.3 Å². The Bertz CT molecular complexity index is 434. The highest BCUT2D eigenvalue weighted by Gasteiger charge is 2.13. The van der Waals surface area contributed by atoms with Crippen molar-refractivity contribution in [2.45, 2.75) is 12.5 Å². The van der Waals surface area contributed by atoms with Crippen molar-refractivity contribution >= 4 is 0 Å². The van der Waals surface area contributed by atoms with E-state index in [2.05, 4.69) is 47.8 Å². The summed E-state index contributed by atoms with van der Waals surface area (Å²) in [5, 5.41) is 0. The first-order chi connectivity index (χ1) is 7.90. The van der Waals surface area contributed by atoms with Gasteiger partial charge in [0.05, 0.1) is 0 Å². The summed E-state index contributed by atoms with van der Waals surface area (Å²) in [6, 6.07) is 16.9. The van der Waals surface area contributed by atoms with Gasteiger partial charge < -0.3 is 0 Å². The third-order valence-electron chi connectivity index (χ3n) is 2.68. The van der Waals surface area contributed by atoms with E-state index in [9.17, 15) is 0 Å². The molecule has 0 radical (unpaired) electrons. The topological polar surface area (TPSA) is 3.88 Å². The predicted octanol–water partition coefficient (Wildman–Crippen LogP) is 2.94. The molecule has 1 aromatic carbocycles. The number of nitrogens with zero attached hydrogens (tertiary/aromatic N) is 1. The molecular formula is C15H16N+. The Kier molecular flexibility index (Phi) is 3.50. The SMILES string of the molecule is C=CC(Cc1ccccc1)[n+]1ccccc1. The molecule has 0 fully saturated rings. The van der Waals surface area contributed by atoms with E-state index in [1.165, 1.54) is 5.56 Å². The number of allylic oxidation sites excluding steroid dienone is 1. The fourth-order valence-electron chi connectivity index (χ4n) is 1.80. The van der Waals surface area contributed by atoms with Gasteiger partial charge in [-0.15, -0.1) is 0 Å². The molecule has 1 unspecified atom stereocenters. The minimum atomic E-state index is 0.323. The second kappa shape index (κ2) is 5.26. The number of hydrogen-bond acceptors (Lipinski definition) is 0. The molecule has 0 aliphatic rings. The summed E-state index contributed by atoms with van der Waals surface area (Å²) >= 11 is 0. The van der Waals surface area contributed by atoms with Gasteiger partial charge in [0.15, 0.2) is 18.4 Å². The molecule has 1 aromatic heterocycles. The second-order valence-electron chi connectivity index (χ2n) is 3.82. The van der Waals surface area contributed by atoms with Crippen LogP contribution in [0.5, 0.6) is 0 Å². The average Bonchev–Trinajstić information content (AvgIpc) is 2.38. The van der Waals surface area contributed by atoms with Crippen LogP contribution in [-0.4, -0.2) is 0 Å². The molecule has 0 N–H and O–H groups in total. The molecule has 0 saturated heterocycles. The van der Waals surface area contributed by atoms with E-state index in [0.29, 0.717) is 6.04 Å². The maximum Gasteiger partial charge on any atom is 0.180 e. The minimum absolute atomic E-state index is 0.323. The Morgan fingerprint density at radius 2 is 1.62 bits per heavy atom. The highest BCUT2D eigenvalue weighted by Crippen LogP contribution is 2.09. The molecular weight excluding hydrogens is 194 g/mol. The van der Waals surface area contributed by atoms with Crippen molar-refractivity contribution < 1.29 is 4.57 Å². The monoisotopic (exact) mass is 210 g/mol. The fraction of sp³-hybridized carbons (Fsp3) is 0.133. The molecule has 0 spiro atoms. The van der Waals surface area contributed by atoms with Crippen molar-refractivity contribution in [1.82, 2.24) is 0 Å². The van der Waals surface area contributed by atoms with Gasteiger partial charge in [0.25, 0.3) is 0 Å². The molecule has 0 saturated carbocycles. The predicted molar refractivity (Wildman–Crippen MR) is 66.0 cm³/mol. The minimum Gasteiger partial charge on any atom is -0.198 e. The zero-order valence-electron chi connectivity index (χ0n) is 9.29. The zero-order chi connectivity index (χ0) is 11.2. The van der Waals surface area contributed by atoms with Gasteiger partial charge in [-0.05, 0) is 11.6 Å². The first-order valence-corrected chi connectivity index (χ1v) is 5.52. The van der Waals surface area contributed by atoms with Crippen LogP contribution in [0, 0.1) is 0 Å². The summed E-state index contributed by atoms with van der Waals surface area (Å²) < 4.78 is 2.18. The van der Waals surface area contributed by atoms with Crippen molar-refractivity contribution in [3.05, 3.63) is 79.1 Å². The molecule has 1 atom stereocenters. The standard InChI is InChI=1S/C15H16N/c1-2-15(16-11-7-4-8-12-16)13-14-9-5-3-6-10-14/h2-12,15H,1,13H2/q+1. The molecule has 0 aliphatic carbocycles. The van der Waals surface area contributed by atoms with Crippen molar-refractivity contribution in [1.29, 1.82) is 0 Å². The van der Waals surface area contributed by atoms with Crippen LogP contribution in [0.4, 0.5) is 0 Å². The molecule has 0 amide bonds. The molecule has 2 aromatic rings. The van der Waals surface area contributed by atoms with Gasteiger partial charge in [-0.2, -0.15) is 4.57 Å². The lowest BCUT2D eigenvalue weighted by Crippen LogP contribution is -2.38. The van der Waals surface area contributed by atoms with E-state index in [-0.39, 0.29) is 0 Å². The largest absolute Gasteiger partial charge is 0.198 e. The van der Waals surface area contributed by atoms with Gasteiger partial charge >= 0.3 is 0 Å². The molecule has 80 valence electrons. The van der Waals surface area contributed by atoms with Crippen molar-refractivity contribution in [3.63, 3.8) is 0 Å². The van der Waals surface area contributed by atoms with E-state index >= 15 is 0 Å². The third-order valence-corrected chi connectivity index (χ3v) is 2.68. The smallest absolute Gasteiger partial charge is 0.180 e. The lowest BCUT2D eigenvalue weighted by atomic mass is 10.1. The van der Waals surface area contributed by atoms with Gasteiger partial charge in [-0.3, -0.25) is 0 Å². The lowest BCUT2D eigenvalue weighted by molar-refractivity contribution is -0.712. The van der Waals surface area contributed by atoms with Crippen LogP contribution in [0.15, 0.2) is 73.6 Å². The van der Waals surface area contributed by atoms with Gasteiger partial charge in [-0.1, -0.05) is 43.0 Å². The van der Waals surface area contributed by atoms with Crippen LogP contribution in [0.2, 0.25) is 0 Å². The Morgan fingerprint density at radius 1 is 1.00 bits per heavy atom. The normalized spacial score (nSPS) is 12.0. The first kappa shape index (κ1) is 10.6.